The molecule has 1 aromatic carbocycles. The third-order valence-electron chi connectivity index (χ3n) is 3.15. The Balaban J connectivity index is 1.59. The van der Waals surface area contributed by atoms with Crippen molar-refractivity contribution in [3.05, 3.63) is 34.4 Å². The fourth-order valence-corrected chi connectivity index (χ4v) is 2.32. The summed E-state index contributed by atoms with van der Waals surface area (Å²) in [5, 5.41) is 8.02. The smallest absolute Gasteiger partial charge is 0.169 e. The number of ether oxygens (including phenoxy) is 1. The number of hydrogen-bond donors (Lipinski definition) is 1. The lowest BCUT2D eigenvalue weighted by Gasteiger charge is -2.08. The maximum Gasteiger partial charge on any atom is 0.169 e. The fraction of sp³-hybridized carbons (Fsp3) is 0.385. The standard InChI is InChI=1S/C13H15BrN4O/c14-10-3-5-11(6-4-10)19-8-7-18-12(9-1-2-9)13(15)16-17-18/h3-6,9H,1-2,7-8,15H2. The minimum atomic E-state index is 0.544. The van der Waals surface area contributed by atoms with E-state index < -0.39 is 0 Å². The average Bonchev–Trinajstić information content (AvgIpc) is 3.17. The van der Waals surface area contributed by atoms with Crippen LogP contribution < -0.4 is 10.5 Å². The number of anilines is 1. The molecule has 0 atom stereocenters. The van der Waals surface area contributed by atoms with Gasteiger partial charge in [-0.25, -0.2) is 4.68 Å². The Kier molecular flexibility index (Phi) is 3.42. The monoisotopic (exact) mass is 322 g/mol. The lowest BCUT2D eigenvalue weighted by Crippen LogP contribution is -2.12. The van der Waals surface area contributed by atoms with E-state index in [1.807, 2.05) is 28.9 Å². The topological polar surface area (TPSA) is 66.0 Å². The summed E-state index contributed by atoms with van der Waals surface area (Å²) >= 11 is 3.39. The van der Waals surface area contributed by atoms with Gasteiger partial charge in [0.05, 0.1) is 12.2 Å². The molecule has 0 amide bonds. The van der Waals surface area contributed by atoms with Gasteiger partial charge in [0, 0.05) is 10.4 Å². The highest BCUT2D eigenvalue weighted by molar-refractivity contribution is 9.10. The summed E-state index contributed by atoms with van der Waals surface area (Å²) in [5.74, 6) is 1.96. The normalized spacial score (nSPS) is 14.6. The molecule has 0 unspecified atom stereocenters. The molecule has 1 aliphatic carbocycles. The van der Waals surface area contributed by atoms with Gasteiger partial charge in [0.1, 0.15) is 12.4 Å². The van der Waals surface area contributed by atoms with Crippen LogP contribution in [0.2, 0.25) is 0 Å². The molecule has 0 aliphatic heterocycles. The van der Waals surface area contributed by atoms with Crippen LogP contribution in [0.5, 0.6) is 5.75 Å². The van der Waals surface area contributed by atoms with Gasteiger partial charge in [-0.15, -0.1) is 5.10 Å². The Hall–Kier alpha value is -1.56. The minimum absolute atomic E-state index is 0.544. The van der Waals surface area contributed by atoms with Gasteiger partial charge in [-0.1, -0.05) is 21.1 Å². The number of rotatable bonds is 5. The van der Waals surface area contributed by atoms with Crippen LogP contribution in [0.3, 0.4) is 0 Å². The summed E-state index contributed by atoms with van der Waals surface area (Å²) in [6, 6.07) is 7.78. The van der Waals surface area contributed by atoms with Gasteiger partial charge in [0.15, 0.2) is 5.82 Å². The number of benzene rings is 1. The molecule has 0 saturated heterocycles. The quantitative estimate of drug-likeness (QED) is 0.918. The van der Waals surface area contributed by atoms with Crippen molar-refractivity contribution in [3.63, 3.8) is 0 Å². The van der Waals surface area contributed by atoms with Crippen LogP contribution in [0, 0.1) is 0 Å². The first-order valence-corrected chi connectivity index (χ1v) is 7.10. The van der Waals surface area contributed by atoms with Crippen molar-refractivity contribution in [1.82, 2.24) is 15.0 Å². The summed E-state index contributed by atoms with van der Waals surface area (Å²) in [5.41, 5.74) is 6.91. The molecule has 0 spiro atoms. The number of hydrogen-bond acceptors (Lipinski definition) is 4. The Morgan fingerprint density at radius 2 is 2.05 bits per heavy atom. The van der Waals surface area contributed by atoms with Gasteiger partial charge in [0.2, 0.25) is 0 Å². The van der Waals surface area contributed by atoms with Crippen LogP contribution in [0.15, 0.2) is 28.7 Å². The molecule has 1 heterocycles. The molecule has 2 aromatic rings. The zero-order chi connectivity index (χ0) is 13.2. The SMILES string of the molecule is Nc1nnn(CCOc2ccc(Br)cc2)c1C1CC1. The number of nitrogens with two attached hydrogens (primary N) is 1. The van der Waals surface area contributed by atoms with Gasteiger partial charge in [-0.05, 0) is 37.1 Å². The van der Waals surface area contributed by atoms with E-state index in [1.165, 1.54) is 12.8 Å². The summed E-state index contributed by atoms with van der Waals surface area (Å²) in [7, 11) is 0. The summed E-state index contributed by atoms with van der Waals surface area (Å²) < 4.78 is 8.59. The number of halogens is 1. The van der Waals surface area contributed by atoms with Crippen LogP contribution in [0.25, 0.3) is 0 Å². The molecule has 3 rings (SSSR count). The molecule has 5 nitrogen and oxygen atoms in total. The second-order valence-corrected chi connectivity index (χ2v) is 5.58. The molecule has 0 bridgehead atoms. The Morgan fingerprint density at radius 3 is 2.74 bits per heavy atom. The van der Waals surface area contributed by atoms with E-state index in [0.29, 0.717) is 24.9 Å². The van der Waals surface area contributed by atoms with Crippen molar-refractivity contribution in [1.29, 1.82) is 0 Å². The third kappa shape index (κ3) is 2.89. The van der Waals surface area contributed by atoms with Crippen LogP contribution in [0.1, 0.15) is 24.5 Å². The van der Waals surface area contributed by atoms with Crippen molar-refractivity contribution in [3.8, 4) is 5.75 Å². The fourth-order valence-electron chi connectivity index (χ4n) is 2.06. The third-order valence-corrected chi connectivity index (χ3v) is 3.68. The highest BCUT2D eigenvalue weighted by Crippen LogP contribution is 2.41. The Labute approximate surface area is 119 Å². The second-order valence-electron chi connectivity index (χ2n) is 4.66. The highest BCUT2D eigenvalue weighted by atomic mass is 79.9. The van der Waals surface area contributed by atoms with Gasteiger partial charge in [0.25, 0.3) is 0 Å². The van der Waals surface area contributed by atoms with Gasteiger partial charge in [-0.2, -0.15) is 0 Å². The highest BCUT2D eigenvalue weighted by Gasteiger charge is 2.30. The van der Waals surface area contributed by atoms with Crippen LogP contribution >= 0.6 is 15.9 Å². The van der Waals surface area contributed by atoms with Crippen LogP contribution in [-0.2, 0) is 6.54 Å². The van der Waals surface area contributed by atoms with Crippen molar-refractivity contribution in [2.24, 2.45) is 0 Å². The maximum atomic E-state index is 5.84. The van der Waals surface area contributed by atoms with Crippen molar-refractivity contribution >= 4 is 21.7 Å². The molecule has 1 aliphatic rings. The molecule has 1 saturated carbocycles. The van der Waals surface area contributed by atoms with Gasteiger partial charge < -0.3 is 10.5 Å². The molecule has 1 fully saturated rings. The lowest BCUT2D eigenvalue weighted by atomic mass is 10.3. The van der Waals surface area contributed by atoms with Crippen molar-refractivity contribution in [2.75, 3.05) is 12.3 Å². The van der Waals surface area contributed by atoms with E-state index in [0.717, 1.165) is 15.9 Å². The average molecular weight is 323 g/mol. The minimum Gasteiger partial charge on any atom is -0.492 e. The Morgan fingerprint density at radius 1 is 1.32 bits per heavy atom. The van der Waals surface area contributed by atoms with Gasteiger partial charge in [-0.3, -0.25) is 0 Å². The first-order valence-electron chi connectivity index (χ1n) is 6.31. The van der Waals surface area contributed by atoms with Crippen LogP contribution in [-0.4, -0.2) is 21.6 Å². The summed E-state index contributed by atoms with van der Waals surface area (Å²) in [4.78, 5) is 0. The number of aromatic nitrogens is 3. The number of nitrogen functional groups attached to an aromatic ring is 1. The van der Waals surface area contributed by atoms with E-state index in [-0.39, 0.29) is 0 Å². The second kappa shape index (κ2) is 5.21. The largest absolute Gasteiger partial charge is 0.492 e. The molecule has 6 heteroatoms. The number of nitrogens with zero attached hydrogens (tertiary/aromatic N) is 3. The van der Waals surface area contributed by atoms with Crippen molar-refractivity contribution < 1.29 is 4.74 Å². The predicted molar refractivity (Wildman–Crippen MR) is 76.0 cm³/mol. The van der Waals surface area contributed by atoms with E-state index >= 15 is 0 Å². The van der Waals surface area contributed by atoms with Crippen molar-refractivity contribution in [2.45, 2.75) is 25.3 Å². The zero-order valence-electron chi connectivity index (χ0n) is 10.4. The molecule has 2 N–H and O–H groups in total. The lowest BCUT2D eigenvalue weighted by molar-refractivity contribution is 0.287. The van der Waals surface area contributed by atoms with Gasteiger partial charge >= 0.3 is 0 Å². The summed E-state index contributed by atoms with van der Waals surface area (Å²) in [6.45, 7) is 1.23. The van der Waals surface area contributed by atoms with E-state index in [9.17, 15) is 0 Å². The molecular formula is C13H15BrN4O. The van der Waals surface area contributed by atoms with E-state index in [4.69, 9.17) is 10.5 Å². The van der Waals surface area contributed by atoms with E-state index in [1.54, 1.807) is 0 Å². The maximum absolute atomic E-state index is 5.84. The predicted octanol–water partition coefficient (Wildman–Crippen LogP) is 2.58. The first-order chi connectivity index (χ1) is 9.24. The Bertz CT molecular complexity index is 563. The first kappa shape index (κ1) is 12.5. The molecule has 0 radical (unpaired) electrons. The molecular weight excluding hydrogens is 308 g/mol. The zero-order valence-corrected chi connectivity index (χ0v) is 12.0. The summed E-state index contributed by atoms with van der Waals surface area (Å²) in [6.07, 6.45) is 2.37. The molecule has 100 valence electrons. The van der Waals surface area contributed by atoms with Crippen LogP contribution in [0.4, 0.5) is 5.82 Å². The van der Waals surface area contributed by atoms with E-state index in [2.05, 4.69) is 26.2 Å². The molecule has 1 aromatic heterocycles. The molecule has 19 heavy (non-hydrogen) atoms.